The summed E-state index contributed by atoms with van der Waals surface area (Å²) in [5.74, 6) is -0.384. The summed E-state index contributed by atoms with van der Waals surface area (Å²) in [4.78, 5) is 13.3. The van der Waals surface area contributed by atoms with E-state index in [1.54, 1.807) is 23.6 Å². The van der Waals surface area contributed by atoms with Crippen LogP contribution in [0.25, 0.3) is 16.3 Å². The van der Waals surface area contributed by atoms with E-state index < -0.39 is 0 Å². The molecule has 0 unspecified atom stereocenters. The van der Waals surface area contributed by atoms with E-state index >= 15 is 0 Å². The zero-order chi connectivity index (χ0) is 20.4. The molecule has 0 saturated carbocycles. The Morgan fingerprint density at radius 2 is 2.03 bits per heavy atom. The second kappa shape index (κ2) is 8.14. The molecule has 1 amide bonds. The molecular formula is C20H17BrN6OS. The lowest BCUT2D eigenvalue weighted by Gasteiger charge is -2.03. The van der Waals surface area contributed by atoms with Gasteiger partial charge in [0.05, 0.1) is 37.6 Å². The van der Waals surface area contributed by atoms with Gasteiger partial charge in [0.2, 0.25) is 0 Å². The smallest absolute Gasteiger partial charge is 0.276 e. The zero-order valence-corrected chi connectivity index (χ0v) is 18.1. The number of hydrogen-bond acceptors (Lipinski definition) is 5. The van der Waals surface area contributed by atoms with Crippen molar-refractivity contribution in [3.63, 3.8) is 0 Å². The maximum atomic E-state index is 12.3. The number of nitrogens with zero attached hydrogens (tertiary/aromatic N) is 4. The number of amides is 1. The molecule has 0 bridgehead atoms. The summed E-state index contributed by atoms with van der Waals surface area (Å²) in [7, 11) is 0. The summed E-state index contributed by atoms with van der Waals surface area (Å²) in [5, 5.41) is 15.6. The SMILES string of the molecule is Cc1nn(-c2ccccc2)c(C)c1/C=N/NC(=O)c1cc(-c2ccc(Br)s2)[nH]n1. The van der Waals surface area contributed by atoms with E-state index in [0.29, 0.717) is 0 Å². The Morgan fingerprint density at radius 1 is 1.24 bits per heavy atom. The summed E-state index contributed by atoms with van der Waals surface area (Å²) in [6.45, 7) is 3.88. The first-order chi connectivity index (χ1) is 14.0. The molecule has 0 saturated heterocycles. The van der Waals surface area contributed by atoms with Crippen molar-refractivity contribution in [3.05, 3.63) is 75.0 Å². The lowest BCUT2D eigenvalue weighted by Crippen LogP contribution is -2.18. The number of benzene rings is 1. The van der Waals surface area contributed by atoms with Crippen molar-refractivity contribution in [2.45, 2.75) is 13.8 Å². The Balaban J connectivity index is 1.47. The van der Waals surface area contributed by atoms with Crippen LogP contribution in [0.4, 0.5) is 0 Å². The normalized spacial score (nSPS) is 11.3. The van der Waals surface area contributed by atoms with E-state index in [1.165, 1.54) is 0 Å². The molecule has 9 heteroatoms. The summed E-state index contributed by atoms with van der Waals surface area (Å²) < 4.78 is 2.87. The Labute approximate surface area is 179 Å². The van der Waals surface area contributed by atoms with Gasteiger partial charge < -0.3 is 0 Å². The van der Waals surface area contributed by atoms with E-state index in [0.717, 1.165) is 37.0 Å². The molecule has 4 aromatic rings. The van der Waals surface area contributed by atoms with E-state index in [4.69, 9.17) is 0 Å². The Kier molecular flexibility index (Phi) is 5.41. The number of hydrogen-bond donors (Lipinski definition) is 2. The van der Waals surface area contributed by atoms with Gasteiger partial charge in [-0.15, -0.1) is 11.3 Å². The Bertz CT molecular complexity index is 1190. The standard InChI is InChI=1S/C20H17BrN6OS/c1-12-15(13(2)27(26-12)14-6-4-3-5-7-14)11-22-25-20(28)17-10-16(23-24-17)18-8-9-19(21)29-18/h3-11H,1-2H3,(H,23,24)(H,25,28)/b22-11+. The van der Waals surface area contributed by atoms with Crippen molar-refractivity contribution in [3.8, 4) is 16.3 Å². The number of carbonyl (C=O) groups is 1. The average Bonchev–Trinajstić information content (AvgIpc) is 3.43. The lowest BCUT2D eigenvalue weighted by molar-refractivity contribution is 0.0950. The molecule has 0 aliphatic rings. The number of aromatic amines is 1. The van der Waals surface area contributed by atoms with Gasteiger partial charge in [0.25, 0.3) is 5.91 Å². The minimum Gasteiger partial charge on any atom is -0.276 e. The van der Waals surface area contributed by atoms with Crippen LogP contribution in [0.5, 0.6) is 0 Å². The van der Waals surface area contributed by atoms with Crippen LogP contribution in [0, 0.1) is 13.8 Å². The van der Waals surface area contributed by atoms with Crippen LogP contribution in [0.3, 0.4) is 0 Å². The van der Waals surface area contributed by atoms with Crippen LogP contribution in [0.15, 0.2) is 57.4 Å². The maximum Gasteiger partial charge on any atom is 0.291 e. The first kappa shape index (κ1) is 19.3. The number of halogens is 1. The summed E-state index contributed by atoms with van der Waals surface area (Å²) in [5.41, 5.74) is 7.19. The number of nitrogens with one attached hydrogen (secondary N) is 2. The molecule has 0 spiro atoms. The lowest BCUT2D eigenvalue weighted by atomic mass is 10.2. The third-order valence-corrected chi connectivity index (χ3v) is 6.01. The van der Waals surface area contributed by atoms with Gasteiger partial charge >= 0.3 is 0 Å². The monoisotopic (exact) mass is 468 g/mol. The molecule has 0 atom stereocenters. The molecular weight excluding hydrogens is 452 g/mol. The highest BCUT2D eigenvalue weighted by molar-refractivity contribution is 9.11. The van der Waals surface area contributed by atoms with Gasteiger partial charge in [0.15, 0.2) is 5.69 Å². The fraction of sp³-hybridized carbons (Fsp3) is 0.100. The highest BCUT2D eigenvalue weighted by atomic mass is 79.9. The minimum atomic E-state index is -0.384. The predicted molar refractivity (Wildman–Crippen MR) is 118 cm³/mol. The second-order valence-corrected chi connectivity index (χ2v) is 8.76. The minimum absolute atomic E-state index is 0.273. The van der Waals surface area contributed by atoms with E-state index in [1.807, 2.05) is 61.0 Å². The second-order valence-electron chi connectivity index (χ2n) is 6.30. The number of thiophene rings is 1. The molecule has 0 aliphatic heterocycles. The Morgan fingerprint density at radius 3 is 2.76 bits per heavy atom. The van der Waals surface area contributed by atoms with Gasteiger partial charge in [0, 0.05) is 5.56 Å². The highest BCUT2D eigenvalue weighted by Crippen LogP contribution is 2.30. The van der Waals surface area contributed by atoms with Gasteiger partial charge in [-0.3, -0.25) is 9.89 Å². The first-order valence-corrected chi connectivity index (χ1v) is 10.4. The van der Waals surface area contributed by atoms with E-state index in [-0.39, 0.29) is 11.6 Å². The van der Waals surface area contributed by atoms with Crippen LogP contribution in [0.2, 0.25) is 0 Å². The molecule has 0 fully saturated rings. The Hall–Kier alpha value is -3.04. The van der Waals surface area contributed by atoms with Crippen LogP contribution in [-0.2, 0) is 0 Å². The molecule has 4 rings (SSSR count). The van der Waals surface area contributed by atoms with E-state index in [2.05, 4.69) is 41.8 Å². The van der Waals surface area contributed by atoms with Crippen LogP contribution in [0.1, 0.15) is 27.4 Å². The van der Waals surface area contributed by atoms with Crippen molar-refractivity contribution in [2.24, 2.45) is 5.10 Å². The average molecular weight is 469 g/mol. The van der Waals surface area contributed by atoms with Crippen LogP contribution in [-0.4, -0.2) is 32.1 Å². The van der Waals surface area contributed by atoms with Crippen molar-refractivity contribution < 1.29 is 4.79 Å². The van der Waals surface area contributed by atoms with Gasteiger partial charge in [-0.05, 0) is 60.1 Å². The third-order valence-electron chi connectivity index (χ3n) is 4.36. The number of aryl methyl sites for hydroxylation is 1. The van der Waals surface area contributed by atoms with Crippen LogP contribution >= 0.6 is 27.3 Å². The largest absolute Gasteiger partial charge is 0.291 e. The highest BCUT2D eigenvalue weighted by Gasteiger charge is 2.13. The summed E-state index contributed by atoms with van der Waals surface area (Å²) >= 11 is 4.99. The summed E-state index contributed by atoms with van der Waals surface area (Å²) in [6.07, 6.45) is 1.61. The molecule has 7 nitrogen and oxygen atoms in total. The number of carbonyl (C=O) groups excluding carboxylic acids is 1. The first-order valence-electron chi connectivity index (χ1n) is 8.79. The molecule has 2 N–H and O–H groups in total. The summed E-state index contributed by atoms with van der Waals surface area (Å²) in [6, 6.07) is 15.5. The van der Waals surface area contributed by atoms with Crippen molar-refractivity contribution in [2.75, 3.05) is 0 Å². The quantitative estimate of drug-likeness (QED) is 0.334. The van der Waals surface area contributed by atoms with Gasteiger partial charge in [-0.25, -0.2) is 10.1 Å². The fourth-order valence-electron chi connectivity index (χ4n) is 2.90. The number of hydrazone groups is 1. The fourth-order valence-corrected chi connectivity index (χ4v) is 4.25. The van der Waals surface area contributed by atoms with Gasteiger partial charge in [0.1, 0.15) is 0 Å². The number of aromatic nitrogens is 4. The van der Waals surface area contributed by atoms with Gasteiger partial charge in [-0.2, -0.15) is 15.3 Å². The predicted octanol–water partition coefficient (Wildman–Crippen LogP) is 4.47. The number of H-pyrrole nitrogens is 1. The van der Waals surface area contributed by atoms with Crippen LogP contribution < -0.4 is 5.43 Å². The maximum absolute atomic E-state index is 12.3. The molecule has 1 aromatic carbocycles. The molecule has 146 valence electrons. The topological polar surface area (TPSA) is 88.0 Å². The van der Waals surface area contributed by atoms with Crippen molar-refractivity contribution >= 4 is 39.4 Å². The van der Waals surface area contributed by atoms with Crippen molar-refractivity contribution in [1.29, 1.82) is 0 Å². The van der Waals surface area contributed by atoms with Gasteiger partial charge in [-0.1, -0.05) is 18.2 Å². The number of rotatable bonds is 5. The van der Waals surface area contributed by atoms with E-state index in [9.17, 15) is 4.79 Å². The molecule has 29 heavy (non-hydrogen) atoms. The molecule has 3 aromatic heterocycles. The molecule has 0 aliphatic carbocycles. The zero-order valence-electron chi connectivity index (χ0n) is 15.7. The third kappa shape index (κ3) is 4.06. The molecule has 0 radical (unpaired) electrons. The number of para-hydroxylation sites is 1. The van der Waals surface area contributed by atoms with Crippen molar-refractivity contribution in [1.82, 2.24) is 25.4 Å². The molecule has 3 heterocycles.